The van der Waals surface area contributed by atoms with Crippen LogP contribution in [0.5, 0.6) is 0 Å². The monoisotopic (exact) mass is 219 g/mol. The zero-order valence-electron chi connectivity index (χ0n) is 9.12. The van der Waals surface area contributed by atoms with Gasteiger partial charge in [-0.2, -0.15) is 11.8 Å². The SMILES string of the molecule is CCCCOC(=O)CSCCC(C)N. The molecule has 1 atom stereocenters. The van der Waals surface area contributed by atoms with Crippen molar-refractivity contribution in [2.75, 3.05) is 18.1 Å². The van der Waals surface area contributed by atoms with Gasteiger partial charge in [0.05, 0.1) is 12.4 Å². The average molecular weight is 219 g/mol. The second-order valence-electron chi connectivity index (χ2n) is 3.39. The van der Waals surface area contributed by atoms with Gasteiger partial charge in [0.25, 0.3) is 0 Å². The second kappa shape index (κ2) is 9.34. The lowest BCUT2D eigenvalue weighted by atomic mass is 10.3. The van der Waals surface area contributed by atoms with Gasteiger partial charge in [0, 0.05) is 6.04 Å². The van der Waals surface area contributed by atoms with Gasteiger partial charge >= 0.3 is 5.97 Å². The minimum absolute atomic E-state index is 0.104. The summed E-state index contributed by atoms with van der Waals surface area (Å²) < 4.78 is 5.00. The van der Waals surface area contributed by atoms with E-state index in [1.54, 1.807) is 11.8 Å². The molecule has 0 saturated carbocycles. The molecule has 0 spiro atoms. The molecule has 0 heterocycles. The minimum atomic E-state index is -0.104. The summed E-state index contributed by atoms with van der Waals surface area (Å²) >= 11 is 1.59. The Morgan fingerprint density at radius 3 is 2.86 bits per heavy atom. The molecule has 1 unspecified atom stereocenters. The number of ether oxygens (including phenoxy) is 1. The van der Waals surface area contributed by atoms with Crippen LogP contribution < -0.4 is 5.73 Å². The van der Waals surface area contributed by atoms with E-state index in [9.17, 15) is 4.79 Å². The van der Waals surface area contributed by atoms with Crippen LogP contribution in [0.3, 0.4) is 0 Å². The van der Waals surface area contributed by atoms with Crippen LogP contribution in [0, 0.1) is 0 Å². The Kier molecular flexibility index (Phi) is 9.19. The van der Waals surface area contributed by atoms with Gasteiger partial charge in [-0.05, 0) is 25.5 Å². The van der Waals surface area contributed by atoms with Crippen molar-refractivity contribution in [2.45, 2.75) is 39.2 Å². The average Bonchev–Trinajstić information content (AvgIpc) is 2.13. The van der Waals surface area contributed by atoms with Crippen LogP contribution in [0.1, 0.15) is 33.1 Å². The van der Waals surface area contributed by atoms with Crippen LogP contribution in [0.25, 0.3) is 0 Å². The highest BCUT2D eigenvalue weighted by Crippen LogP contribution is 2.04. The summed E-state index contributed by atoms with van der Waals surface area (Å²) in [4.78, 5) is 11.1. The number of carbonyl (C=O) groups excluding carboxylic acids is 1. The molecule has 14 heavy (non-hydrogen) atoms. The van der Waals surface area contributed by atoms with Crippen LogP contribution in [0.4, 0.5) is 0 Å². The zero-order chi connectivity index (χ0) is 10.8. The number of rotatable bonds is 8. The van der Waals surface area contributed by atoms with Crippen LogP contribution >= 0.6 is 11.8 Å². The standard InChI is InChI=1S/C10H21NO2S/c1-3-4-6-13-10(12)8-14-7-5-9(2)11/h9H,3-8,11H2,1-2H3. The van der Waals surface area contributed by atoms with Gasteiger partial charge in [-0.25, -0.2) is 0 Å². The normalized spacial score (nSPS) is 12.5. The summed E-state index contributed by atoms with van der Waals surface area (Å²) in [5.41, 5.74) is 5.58. The molecule has 0 aliphatic carbocycles. The fourth-order valence-corrected chi connectivity index (χ4v) is 1.73. The van der Waals surface area contributed by atoms with Crippen molar-refractivity contribution < 1.29 is 9.53 Å². The summed E-state index contributed by atoms with van der Waals surface area (Å²) in [6, 6.07) is 0.221. The van der Waals surface area contributed by atoms with E-state index in [4.69, 9.17) is 10.5 Å². The van der Waals surface area contributed by atoms with Crippen LogP contribution in [0.2, 0.25) is 0 Å². The van der Waals surface area contributed by atoms with E-state index in [0.717, 1.165) is 25.0 Å². The van der Waals surface area contributed by atoms with E-state index in [1.807, 2.05) is 6.92 Å². The molecule has 84 valence electrons. The fraction of sp³-hybridized carbons (Fsp3) is 0.900. The molecule has 0 bridgehead atoms. The predicted molar refractivity (Wildman–Crippen MR) is 61.5 cm³/mol. The molecule has 3 nitrogen and oxygen atoms in total. The summed E-state index contributed by atoms with van der Waals surface area (Å²) in [5, 5.41) is 0. The summed E-state index contributed by atoms with van der Waals surface area (Å²) in [6.45, 7) is 4.61. The highest BCUT2D eigenvalue weighted by Gasteiger charge is 2.02. The molecule has 4 heteroatoms. The number of hydrogen-bond acceptors (Lipinski definition) is 4. The van der Waals surface area contributed by atoms with Gasteiger partial charge in [0.15, 0.2) is 0 Å². The quantitative estimate of drug-likeness (QED) is 0.499. The molecule has 0 aliphatic rings. The maximum atomic E-state index is 11.1. The van der Waals surface area contributed by atoms with Gasteiger partial charge in [-0.3, -0.25) is 4.79 Å². The van der Waals surface area contributed by atoms with Crippen LogP contribution in [0.15, 0.2) is 0 Å². The highest BCUT2D eigenvalue weighted by molar-refractivity contribution is 7.99. The Hall–Kier alpha value is -0.220. The van der Waals surface area contributed by atoms with E-state index in [2.05, 4.69) is 6.92 Å². The molecule has 0 fully saturated rings. The van der Waals surface area contributed by atoms with Crippen molar-refractivity contribution in [1.29, 1.82) is 0 Å². The van der Waals surface area contributed by atoms with E-state index in [-0.39, 0.29) is 12.0 Å². The zero-order valence-corrected chi connectivity index (χ0v) is 9.94. The van der Waals surface area contributed by atoms with E-state index in [0.29, 0.717) is 12.4 Å². The van der Waals surface area contributed by atoms with E-state index in [1.165, 1.54) is 0 Å². The Labute approximate surface area is 90.8 Å². The summed E-state index contributed by atoms with van der Waals surface area (Å²) in [7, 11) is 0. The number of unbranched alkanes of at least 4 members (excludes halogenated alkanes) is 1. The highest BCUT2D eigenvalue weighted by atomic mass is 32.2. The molecule has 0 aromatic carbocycles. The van der Waals surface area contributed by atoms with Crippen molar-refractivity contribution in [1.82, 2.24) is 0 Å². The first-order chi connectivity index (χ1) is 6.66. The molecular formula is C10H21NO2S. The molecule has 2 N–H and O–H groups in total. The first-order valence-electron chi connectivity index (χ1n) is 5.15. The molecule has 0 aliphatic heterocycles. The topological polar surface area (TPSA) is 52.3 Å². The van der Waals surface area contributed by atoms with Gasteiger partial charge < -0.3 is 10.5 Å². The van der Waals surface area contributed by atoms with Crippen LogP contribution in [-0.4, -0.2) is 30.1 Å². The number of thioether (sulfide) groups is 1. The molecular weight excluding hydrogens is 198 g/mol. The van der Waals surface area contributed by atoms with Crippen molar-refractivity contribution >= 4 is 17.7 Å². The maximum Gasteiger partial charge on any atom is 0.315 e. The Morgan fingerprint density at radius 2 is 2.29 bits per heavy atom. The second-order valence-corrected chi connectivity index (χ2v) is 4.50. The van der Waals surface area contributed by atoms with Crippen molar-refractivity contribution in [3.05, 3.63) is 0 Å². The Bertz CT molecular complexity index is 151. The van der Waals surface area contributed by atoms with Crippen molar-refractivity contribution in [3.8, 4) is 0 Å². The largest absolute Gasteiger partial charge is 0.465 e. The Balaban J connectivity index is 3.18. The molecule has 0 rings (SSSR count). The number of hydrogen-bond donors (Lipinski definition) is 1. The lowest BCUT2D eigenvalue weighted by molar-refractivity contribution is -0.140. The molecule has 0 amide bonds. The molecule has 0 radical (unpaired) electrons. The fourth-order valence-electron chi connectivity index (χ4n) is 0.797. The van der Waals surface area contributed by atoms with E-state index < -0.39 is 0 Å². The predicted octanol–water partition coefficient (Wildman–Crippen LogP) is 1.80. The van der Waals surface area contributed by atoms with E-state index >= 15 is 0 Å². The Morgan fingerprint density at radius 1 is 1.57 bits per heavy atom. The van der Waals surface area contributed by atoms with Gasteiger partial charge in [0.1, 0.15) is 0 Å². The molecule has 0 aromatic heterocycles. The van der Waals surface area contributed by atoms with Crippen molar-refractivity contribution in [3.63, 3.8) is 0 Å². The van der Waals surface area contributed by atoms with Gasteiger partial charge in [-0.15, -0.1) is 0 Å². The third-order valence-corrected chi connectivity index (χ3v) is 2.66. The molecule has 0 aromatic rings. The first kappa shape index (κ1) is 13.8. The van der Waals surface area contributed by atoms with Crippen LogP contribution in [-0.2, 0) is 9.53 Å². The third-order valence-electron chi connectivity index (χ3n) is 1.70. The summed E-state index contributed by atoms with van der Waals surface area (Å²) in [6.07, 6.45) is 2.97. The van der Waals surface area contributed by atoms with Gasteiger partial charge in [-0.1, -0.05) is 13.3 Å². The minimum Gasteiger partial charge on any atom is -0.465 e. The third kappa shape index (κ3) is 9.86. The lowest BCUT2D eigenvalue weighted by Gasteiger charge is -2.05. The van der Waals surface area contributed by atoms with Gasteiger partial charge in [0.2, 0.25) is 0 Å². The first-order valence-corrected chi connectivity index (χ1v) is 6.31. The van der Waals surface area contributed by atoms with Crippen molar-refractivity contribution in [2.24, 2.45) is 5.73 Å². The number of nitrogens with two attached hydrogens (primary N) is 1. The number of carbonyl (C=O) groups is 1. The number of esters is 1. The smallest absolute Gasteiger partial charge is 0.315 e. The maximum absolute atomic E-state index is 11.1. The summed E-state index contributed by atoms with van der Waals surface area (Å²) in [5.74, 6) is 1.28. The lowest BCUT2D eigenvalue weighted by Crippen LogP contribution is -2.16. The molecule has 0 saturated heterocycles.